The summed E-state index contributed by atoms with van der Waals surface area (Å²) in [5.74, 6) is 0. The number of benzene rings is 10. The van der Waals surface area contributed by atoms with Gasteiger partial charge in [0.1, 0.15) is 0 Å². The predicted octanol–water partition coefficient (Wildman–Crippen LogP) is 16.6. The average Bonchev–Trinajstić information content (AvgIpc) is 3.96. The molecule has 14 rings (SSSR count). The van der Waals surface area contributed by atoms with Crippen LogP contribution in [0.15, 0.2) is 231 Å². The number of hydrogen-bond acceptors (Lipinski definition) is 1. The summed E-state index contributed by atoms with van der Waals surface area (Å²) in [6.45, 7) is 4.75. The van der Waals surface area contributed by atoms with Gasteiger partial charge in [0.25, 0.3) is 0 Å². The molecule has 3 aliphatic rings. The van der Waals surface area contributed by atoms with Crippen LogP contribution in [0.3, 0.4) is 0 Å². The summed E-state index contributed by atoms with van der Waals surface area (Å²) < 4.78 is 2.55. The van der Waals surface area contributed by atoms with Crippen molar-refractivity contribution in [3.8, 4) is 50.2 Å². The summed E-state index contributed by atoms with van der Waals surface area (Å²) in [6.07, 6.45) is 0. The zero-order valence-corrected chi connectivity index (χ0v) is 36.8. The highest BCUT2D eigenvalue weighted by molar-refractivity contribution is 6.13. The van der Waals surface area contributed by atoms with Crippen molar-refractivity contribution in [2.75, 3.05) is 4.90 Å². The zero-order chi connectivity index (χ0) is 43.7. The fourth-order valence-corrected chi connectivity index (χ4v) is 12.4. The van der Waals surface area contributed by atoms with Crippen LogP contribution in [0.2, 0.25) is 0 Å². The van der Waals surface area contributed by atoms with Crippen molar-refractivity contribution in [1.29, 1.82) is 0 Å². The van der Waals surface area contributed by atoms with Gasteiger partial charge in [-0.25, -0.2) is 0 Å². The van der Waals surface area contributed by atoms with Crippen LogP contribution in [-0.2, 0) is 10.8 Å². The molecular formula is C64H44N2. The smallest absolute Gasteiger partial charge is 0.0754 e. The maximum absolute atomic E-state index is 2.55. The van der Waals surface area contributed by atoms with E-state index < -0.39 is 5.41 Å². The van der Waals surface area contributed by atoms with E-state index in [-0.39, 0.29) is 5.41 Å². The van der Waals surface area contributed by atoms with E-state index in [2.05, 4.69) is 254 Å². The minimum absolute atomic E-state index is 0.156. The first-order valence-electron chi connectivity index (χ1n) is 23.2. The van der Waals surface area contributed by atoms with Gasteiger partial charge in [-0.2, -0.15) is 0 Å². The quantitative estimate of drug-likeness (QED) is 0.168. The molecule has 10 aromatic carbocycles. The molecule has 0 saturated carbocycles. The fourth-order valence-electron chi connectivity index (χ4n) is 12.4. The molecule has 2 aliphatic carbocycles. The zero-order valence-electron chi connectivity index (χ0n) is 36.8. The molecule has 11 aromatic rings. The van der Waals surface area contributed by atoms with Gasteiger partial charge >= 0.3 is 0 Å². The molecule has 1 spiro atoms. The van der Waals surface area contributed by atoms with Crippen molar-refractivity contribution in [3.05, 3.63) is 264 Å². The summed E-state index contributed by atoms with van der Waals surface area (Å²) in [6, 6.07) is 86.4. The molecule has 2 heteroatoms. The van der Waals surface area contributed by atoms with Crippen LogP contribution in [0.4, 0.5) is 17.1 Å². The van der Waals surface area contributed by atoms with Crippen LogP contribution in [0.5, 0.6) is 0 Å². The van der Waals surface area contributed by atoms with Gasteiger partial charge in [-0.05, 0) is 109 Å². The number of fused-ring (bicyclic) bond motifs is 15. The fraction of sp³-hybridized carbons (Fsp3) is 0.0625. The third-order valence-electron chi connectivity index (χ3n) is 15.2. The largest absolute Gasteiger partial charge is 0.309 e. The number of hydrogen-bond donors (Lipinski definition) is 0. The molecule has 1 aromatic heterocycles. The summed E-state index contributed by atoms with van der Waals surface area (Å²) in [4.78, 5) is 2.52. The highest BCUT2D eigenvalue weighted by Gasteiger charge is 2.51. The van der Waals surface area contributed by atoms with E-state index in [1.807, 2.05) is 0 Å². The Hall–Kier alpha value is -8.20. The highest BCUT2D eigenvalue weighted by atomic mass is 15.1. The molecule has 0 amide bonds. The first-order valence-corrected chi connectivity index (χ1v) is 23.2. The highest BCUT2D eigenvalue weighted by Crippen LogP contribution is 2.62. The molecule has 0 atom stereocenters. The van der Waals surface area contributed by atoms with Crippen LogP contribution in [0.25, 0.3) is 72.0 Å². The topological polar surface area (TPSA) is 8.17 Å². The second-order valence-corrected chi connectivity index (χ2v) is 18.8. The Morgan fingerprint density at radius 2 is 0.879 bits per heavy atom. The molecule has 2 nitrogen and oxygen atoms in total. The first-order chi connectivity index (χ1) is 32.5. The summed E-state index contributed by atoms with van der Waals surface area (Å²) >= 11 is 0. The van der Waals surface area contributed by atoms with Gasteiger partial charge in [0.2, 0.25) is 0 Å². The molecule has 0 fully saturated rings. The van der Waals surface area contributed by atoms with E-state index in [9.17, 15) is 0 Å². The Morgan fingerprint density at radius 3 is 1.59 bits per heavy atom. The van der Waals surface area contributed by atoms with Crippen LogP contribution < -0.4 is 4.90 Å². The standard InChI is InChI=1S/C64H44N2/c1-63(2)52-28-12-6-23-46(52)49-37-36-43(40-56(49)63)65(58-32-15-9-21-44(58)41-19-4-3-5-20-41)59-33-16-10-22-45(59)42-35-38-61-57(39-42)64(53-29-13-7-24-47(53)48-25-8-14-30-54(48)64)55-31-18-27-51-50-26-11-17-34-60(50)66(61)62(51)55/h3-40H,1-2H3. The molecule has 1 aliphatic heterocycles. The monoisotopic (exact) mass is 840 g/mol. The Kier molecular flexibility index (Phi) is 7.70. The van der Waals surface area contributed by atoms with Crippen molar-refractivity contribution < 1.29 is 0 Å². The molecule has 0 unspecified atom stereocenters. The van der Waals surface area contributed by atoms with Crippen molar-refractivity contribution in [2.45, 2.75) is 24.7 Å². The van der Waals surface area contributed by atoms with Crippen LogP contribution in [-0.4, -0.2) is 4.57 Å². The molecule has 2 heterocycles. The average molecular weight is 841 g/mol. The number of rotatable bonds is 5. The maximum Gasteiger partial charge on any atom is 0.0754 e. The van der Waals surface area contributed by atoms with Crippen molar-refractivity contribution >= 4 is 38.9 Å². The van der Waals surface area contributed by atoms with E-state index in [0.29, 0.717) is 0 Å². The number of aromatic nitrogens is 1. The Labute approximate surface area is 385 Å². The molecule has 66 heavy (non-hydrogen) atoms. The van der Waals surface area contributed by atoms with Gasteiger partial charge in [-0.3, -0.25) is 0 Å². The SMILES string of the molecule is CC1(C)c2ccccc2-c2ccc(N(c3ccccc3-c3ccccc3)c3ccccc3-c3ccc4c(c3)C3(c5ccccc5-c5ccccc53)c3cccc5c6ccccc6n-4c35)cc21. The van der Waals surface area contributed by atoms with E-state index in [4.69, 9.17) is 0 Å². The van der Waals surface area contributed by atoms with E-state index in [0.717, 1.165) is 17.1 Å². The van der Waals surface area contributed by atoms with Gasteiger partial charge in [0, 0.05) is 33.0 Å². The van der Waals surface area contributed by atoms with Gasteiger partial charge in [-0.1, -0.05) is 202 Å². The van der Waals surface area contributed by atoms with Gasteiger partial charge in [-0.15, -0.1) is 0 Å². The van der Waals surface area contributed by atoms with E-state index in [1.165, 1.54) is 105 Å². The number of anilines is 3. The Balaban J connectivity index is 1.05. The van der Waals surface area contributed by atoms with Gasteiger partial charge < -0.3 is 9.47 Å². The van der Waals surface area contributed by atoms with Crippen molar-refractivity contribution in [3.63, 3.8) is 0 Å². The second kappa shape index (κ2) is 13.7. The lowest BCUT2D eigenvalue weighted by atomic mass is 9.65. The minimum atomic E-state index is -0.544. The molecular weight excluding hydrogens is 797 g/mol. The van der Waals surface area contributed by atoms with E-state index >= 15 is 0 Å². The maximum atomic E-state index is 2.55. The normalized spacial score (nSPS) is 14.2. The molecule has 310 valence electrons. The van der Waals surface area contributed by atoms with Crippen molar-refractivity contribution in [1.82, 2.24) is 4.57 Å². The minimum Gasteiger partial charge on any atom is -0.309 e. The Bertz CT molecular complexity index is 3760. The Morgan fingerprint density at radius 1 is 0.348 bits per heavy atom. The van der Waals surface area contributed by atoms with Crippen molar-refractivity contribution in [2.24, 2.45) is 0 Å². The van der Waals surface area contributed by atoms with Crippen LogP contribution >= 0.6 is 0 Å². The third-order valence-corrected chi connectivity index (χ3v) is 15.2. The molecule has 0 saturated heterocycles. The van der Waals surface area contributed by atoms with E-state index in [1.54, 1.807) is 0 Å². The summed E-state index contributed by atoms with van der Waals surface area (Å²) in [5.41, 5.74) is 24.4. The first kappa shape index (κ1) is 37.2. The lowest BCUT2D eigenvalue weighted by Crippen LogP contribution is -2.33. The van der Waals surface area contributed by atoms with Crippen LogP contribution in [0.1, 0.15) is 47.2 Å². The van der Waals surface area contributed by atoms with Gasteiger partial charge in [0.05, 0.1) is 33.5 Å². The molecule has 0 radical (unpaired) electrons. The van der Waals surface area contributed by atoms with Gasteiger partial charge in [0.15, 0.2) is 0 Å². The predicted molar refractivity (Wildman–Crippen MR) is 275 cm³/mol. The lowest BCUT2D eigenvalue weighted by molar-refractivity contribution is 0.660. The summed E-state index contributed by atoms with van der Waals surface area (Å²) in [5, 5.41) is 2.57. The molecule has 0 bridgehead atoms. The lowest BCUT2D eigenvalue weighted by Gasteiger charge is -2.40. The van der Waals surface area contributed by atoms with Crippen LogP contribution in [0, 0.1) is 0 Å². The summed E-state index contributed by atoms with van der Waals surface area (Å²) in [7, 11) is 0. The number of para-hydroxylation sites is 4. The third kappa shape index (κ3) is 4.85. The number of nitrogens with zero attached hydrogens (tertiary/aromatic N) is 2. The second-order valence-electron chi connectivity index (χ2n) is 18.8. The molecule has 0 N–H and O–H groups in total.